The largest absolute Gasteiger partial charge is 0.486 e. The van der Waals surface area contributed by atoms with Gasteiger partial charge in [-0.1, -0.05) is 50.2 Å². The fraction of sp³-hybridized carbons (Fsp3) is 0.414. The lowest BCUT2D eigenvalue weighted by atomic mass is 9.87. The molecule has 0 bridgehead atoms. The van der Waals surface area contributed by atoms with Gasteiger partial charge in [0.15, 0.2) is 0 Å². The van der Waals surface area contributed by atoms with Crippen molar-refractivity contribution in [1.29, 1.82) is 0 Å². The van der Waals surface area contributed by atoms with Crippen LogP contribution in [0, 0.1) is 5.92 Å². The Morgan fingerprint density at radius 3 is 2.70 bits per heavy atom. The van der Waals surface area contributed by atoms with Crippen molar-refractivity contribution < 1.29 is 14.3 Å². The number of carbonyl (C=O) groups is 2. The zero-order chi connectivity index (χ0) is 26.4. The molecular weight excluding hydrogens is 484 g/mol. The van der Waals surface area contributed by atoms with Crippen LogP contribution in [0.4, 0.5) is 0 Å². The highest BCUT2D eigenvalue weighted by molar-refractivity contribution is 7.09. The van der Waals surface area contributed by atoms with Crippen LogP contribution in [0.3, 0.4) is 0 Å². The molecule has 0 saturated carbocycles. The summed E-state index contributed by atoms with van der Waals surface area (Å²) >= 11 is 1.41. The van der Waals surface area contributed by atoms with Crippen LogP contribution in [-0.4, -0.2) is 60.3 Å². The summed E-state index contributed by atoms with van der Waals surface area (Å²) in [7, 11) is 3.93. The number of amides is 2. The van der Waals surface area contributed by atoms with Crippen LogP contribution < -0.4 is 10.1 Å². The van der Waals surface area contributed by atoms with Gasteiger partial charge in [0.05, 0.1) is 6.04 Å². The van der Waals surface area contributed by atoms with Crippen molar-refractivity contribution in [2.45, 2.75) is 39.3 Å². The van der Waals surface area contributed by atoms with Crippen LogP contribution in [-0.2, 0) is 17.8 Å². The predicted octanol–water partition coefficient (Wildman–Crippen LogP) is 4.53. The molecule has 1 N–H and O–H groups in total. The standard InChI is InChI=1S/C29H36N4O3S/c1-20(2)16-27(34)33-14-12-21-10-11-23(17-24(21)28(33)22-8-6-5-7-9-22)36-18-26-31-25(19-37-26)29(35)30-13-15-32(3)4/h5-11,17,19-20,28H,12-16,18H2,1-4H3,(H,30,35). The summed E-state index contributed by atoms with van der Waals surface area (Å²) < 4.78 is 6.11. The number of nitrogens with zero attached hydrogens (tertiary/aromatic N) is 3. The van der Waals surface area contributed by atoms with Gasteiger partial charge in [-0.3, -0.25) is 9.59 Å². The van der Waals surface area contributed by atoms with Gasteiger partial charge in [0.1, 0.15) is 23.1 Å². The predicted molar refractivity (Wildman–Crippen MR) is 147 cm³/mol. The summed E-state index contributed by atoms with van der Waals surface area (Å²) in [5.74, 6) is 1.04. The molecule has 7 nitrogen and oxygen atoms in total. The van der Waals surface area contributed by atoms with Crippen molar-refractivity contribution in [3.63, 3.8) is 0 Å². The van der Waals surface area contributed by atoms with E-state index >= 15 is 0 Å². The maximum atomic E-state index is 13.2. The van der Waals surface area contributed by atoms with E-state index in [0.29, 0.717) is 31.1 Å². The zero-order valence-corrected chi connectivity index (χ0v) is 22.9. The molecule has 2 amide bonds. The fourth-order valence-electron chi connectivity index (χ4n) is 4.52. The number of ether oxygens (including phenoxy) is 1. The first-order valence-electron chi connectivity index (χ1n) is 12.8. The van der Waals surface area contributed by atoms with Crippen molar-refractivity contribution in [1.82, 2.24) is 20.1 Å². The van der Waals surface area contributed by atoms with Gasteiger partial charge in [0.2, 0.25) is 5.91 Å². The van der Waals surface area contributed by atoms with Gasteiger partial charge in [-0.25, -0.2) is 4.98 Å². The summed E-state index contributed by atoms with van der Waals surface area (Å²) in [4.78, 5) is 34.0. The minimum absolute atomic E-state index is 0.142. The second kappa shape index (κ2) is 12.3. The molecular formula is C29H36N4O3S. The molecule has 0 radical (unpaired) electrons. The zero-order valence-electron chi connectivity index (χ0n) is 22.1. The molecule has 196 valence electrons. The number of nitrogens with one attached hydrogen (secondary N) is 1. The number of hydrogen-bond acceptors (Lipinski definition) is 6. The number of benzene rings is 2. The first-order chi connectivity index (χ1) is 17.8. The average Bonchev–Trinajstić information content (AvgIpc) is 3.36. The van der Waals surface area contributed by atoms with Gasteiger partial charge in [-0.2, -0.15) is 0 Å². The van der Waals surface area contributed by atoms with Crippen molar-refractivity contribution in [2.75, 3.05) is 33.7 Å². The molecule has 2 aromatic carbocycles. The number of fused-ring (bicyclic) bond motifs is 1. The maximum Gasteiger partial charge on any atom is 0.270 e. The first-order valence-corrected chi connectivity index (χ1v) is 13.7. The highest BCUT2D eigenvalue weighted by atomic mass is 32.1. The molecule has 1 aromatic heterocycles. The highest BCUT2D eigenvalue weighted by Crippen LogP contribution is 2.38. The Balaban J connectivity index is 1.49. The van der Waals surface area contributed by atoms with Crippen molar-refractivity contribution in [3.05, 3.63) is 81.3 Å². The molecule has 4 rings (SSSR count). The quantitative estimate of drug-likeness (QED) is 0.425. The normalized spacial score (nSPS) is 15.1. The van der Waals surface area contributed by atoms with Gasteiger partial charge in [-0.15, -0.1) is 11.3 Å². The first kappa shape index (κ1) is 26.8. The summed E-state index contributed by atoms with van der Waals surface area (Å²) in [6.45, 7) is 6.49. The molecule has 1 aliphatic rings. The Kier molecular flexibility index (Phi) is 8.95. The molecule has 0 fully saturated rings. The van der Waals surface area contributed by atoms with Crippen LogP contribution >= 0.6 is 11.3 Å². The topological polar surface area (TPSA) is 74.8 Å². The second-order valence-corrected chi connectivity index (χ2v) is 11.0. The average molecular weight is 521 g/mol. The van der Waals surface area contributed by atoms with E-state index in [1.807, 2.05) is 48.2 Å². The Hall–Kier alpha value is -3.23. The Bertz CT molecular complexity index is 1210. The summed E-state index contributed by atoms with van der Waals surface area (Å²) in [6, 6.07) is 16.2. The number of rotatable bonds is 10. The molecule has 1 atom stereocenters. The number of carbonyl (C=O) groups excluding carboxylic acids is 2. The number of aromatic nitrogens is 1. The molecule has 37 heavy (non-hydrogen) atoms. The Morgan fingerprint density at radius 2 is 1.97 bits per heavy atom. The number of likely N-dealkylation sites (N-methyl/N-ethyl adjacent to an activating group) is 1. The maximum absolute atomic E-state index is 13.2. The van der Waals surface area contributed by atoms with E-state index in [2.05, 4.69) is 48.4 Å². The van der Waals surface area contributed by atoms with E-state index in [1.165, 1.54) is 16.9 Å². The number of hydrogen-bond donors (Lipinski definition) is 1. The van der Waals surface area contributed by atoms with Crippen LogP contribution in [0.25, 0.3) is 0 Å². The summed E-state index contributed by atoms with van der Waals surface area (Å²) in [5, 5.41) is 5.39. The van der Waals surface area contributed by atoms with E-state index in [1.54, 1.807) is 5.38 Å². The molecule has 1 aliphatic heterocycles. The molecule has 3 aromatic rings. The van der Waals surface area contributed by atoms with Gasteiger partial charge in [-0.05, 0) is 55.3 Å². The Morgan fingerprint density at radius 1 is 1.19 bits per heavy atom. The van der Waals surface area contributed by atoms with Crippen LogP contribution in [0.15, 0.2) is 53.9 Å². The highest BCUT2D eigenvalue weighted by Gasteiger charge is 2.32. The van der Waals surface area contributed by atoms with Crippen LogP contribution in [0.5, 0.6) is 5.75 Å². The van der Waals surface area contributed by atoms with E-state index in [0.717, 1.165) is 34.8 Å². The fourth-order valence-corrected chi connectivity index (χ4v) is 5.21. The molecule has 8 heteroatoms. The Labute approximate surface area is 223 Å². The number of thiazole rings is 1. The van der Waals surface area contributed by atoms with Crippen molar-refractivity contribution >= 4 is 23.2 Å². The minimum Gasteiger partial charge on any atom is -0.486 e. The molecule has 1 unspecified atom stereocenters. The van der Waals surface area contributed by atoms with Gasteiger partial charge in [0, 0.05) is 31.4 Å². The van der Waals surface area contributed by atoms with Crippen LogP contribution in [0.1, 0.15) is 58.5 Å². The smallest absolute Gasteiger partial charge is 0.270 e. The minimum atomic E-state index is -0.171. The second-order valence-electron chi connectivity index (χ2n) is 10.1. The SMILES string of the molecule is CC(C)CC(=O)N1CCc2ccc(OCc3nc(C(=O)NCCN(C)C)cs3)cc2C1c1ccccc1. The van der Waals surface area contributed by atoms with E-state index in [4.69, 9.17) is 4.74 Å². The molecule has 0 aliphatic carbocycles. The lowest BCUT2D eigenvalue weighted by molar-refractivity contribution is -0.134. The van der Waals surface area contributed by atoms with Crippen molar-refractivity contribution in [2.24, 2.45) is 5.92 Å². The van der Waals surface area contributed by atoms with Gasteiger partial charge >= 0.3 is 0 Å². The van der Waals surface area contributed by atoms with Crippen LogP contribution in [0.2, 0.25) is 0 Å². The van der Waals surface area contributed by atoms with E-state index < -0.39 is 0 Å². The lowest BCUT2D eigenvalue weighted by Gasteiger charge is -2.38. The van der Waals surface area contributed by atoms with Gasteiger partial charge in [0.25, 0.3) is 5.91 Å². The summed E-state index contributed by atoms with van der Waals surface area (Å²) in [6.07, 6.45) is 1.35. The third kappa shape index (κ3) is 6.96. The summed E-state index contributed by atoms with van der Waals surface area (Å²) in [5.41, 5.74) is 3.85. The monoisotopic (exact) mass is 520 g/mol. The third-order valence-corrected chi connectivity index (χ3v) is 7.18. The molecule has 2 heterocycles. The van der Waals surface area contributed by atoms with Gasteiger partial charge < -0.3 is 19.9 Å². The molecule has 0 saturated heterocycles. The van der Waals surface area contributed by atoms with Crippen molar-refractivity contribution in [3.8, 4) is 5.75 Å². The lowest BCUT2D eigenvalue weighted by Crippen LogP contribution is -2.41. The molecule has 0 spiro atoms. The third-order valence-electron chi connectivity index (χ3n) is 6.36. The van der Waals surface area contributed by atoms with E-state index in [9.17, 15) is 9.59 Å². The van der Waals surface area contributed by atoms with E-state index in [-0.39, 0.29) is 24.5 Å².